The number of likely N-dealkylation sites (tertiary alicyclic amines) is 1. The molecule has 2 saturated heterocycles. The first-order valence-corrected chi connectivity index (χ1v) is 13.1. The Labute approximate surface area is 211 Å². The molecule has 12 heteroatoms. The standard InChI is InChI=1S/C23H38N8O3S/c1-3-31-20(32)18(35-22(31)19(25)21(33)29(2)15-24)14-27-16-6-8-17(9-7-16)28-23(34)26-10-13-30-11-4-5-12-30/h6-9,18-19,22,27H,3-5,10-15,24-25H2,1-2H3,(H2,26,28,34)/t18-,19-,22?/m1/s1. The molecule has 35 heavy (non-hydrogen) atoms. The van der Waals surface area contributed by atoms with Gasteiger partial charge in [-0.2, -0.15) is 0 Å². The first-order valence-electron chi connectivity index (χ1n) is 12.1. The van der Waals surface area contributed by atoms with Crippen LogP contribution in [0.1, 0.15) is 19.8 Å². The van der Waals surface area contributed by atoms with E-state index >= 15 is 0 Å². The Bertz CT molecular complexity index is 865. The highest BCUT2D eigenvalue weighted by atomic mass is 32.2. The van der Waals surface area contributed by atoms with Crippen molar-refractivity contribution in [2.24, 2.45) is 11.5 Å². The second kappa shape index (κ2) is 13.0. The van der Waals surface area contributed by atoms with Crippen molar-refractivity contribution in [3.63, 3.8) is 0 Å². The fraction of sp³-hybridized carbons (Fsp3) is 0.609. The fourth-order valence-electron chi connectivity index (χ4n) is 4.22. The first-order chi connectivity index (χ1) is 16.8. The summed E-state index contributed by atoms with van der Waals surface area (Å²) in [4.78, 5) is 42.8. The Hall–Kier alpha value is -2.54. The number of carbonyl (C=O) groups excluding carboxylic acids is 3. The van der Waals surface area contributed by atoms with Gasteiger partial charge in [0.2, 0.25) is 11.8 Å². The second-order valence-electron chi connectivity index (χ2n) is 8.77. The average molecular weight is 507 g/mol. The quantitative estimate of drug-likeness (QED) is 0.269. The Morgan fingerprint density at radius 3 is 2.49 bits per heavy atom. The molecule has 11 nitrogen and oxygen atoms in total. The van der Waals surface area contributed by atoms with Gasteiger partial charge in [-0.25, -0.2) is 4.79 Å². The molecular weight excluding hydrogens is 468 g/mol. The van der Waals surface area contributed by atoms with E-state index in [-0.39, 0.29) is 29.8 Å². The van der Waals surface area contributed by atoms with Crippen molar-refractivity contribution >= 4 is 41.0 Å². The number of thioether (sulfide) groups is 1. The highest BCUT2D eigenvalue weighted by molar-refractivity contribution is 8.01. The predicted molar refractivity (Wildman–Crippen MR) is 140 cm³/mol. The Morgan fingerprint density at radius 2 is 1.86 bits per heavy atom. The molecule has 194 valence electrons. The van der Waals surface area contributed by atoms with E-state index in [4.69, 9.17) is 11.5 Å². The van der Waals surface area contributed by atoms with Crippen LogP contribution in [-0.4, -0.2) is 102 Å². The summed E-state index contributed by atoms with van der Waals surface area (Å²) in [6.45, 7) is 6.51. The summed E-state index contributed by atoms with van der Waals surface area (Å²) in [7, 11) is 1.59. The maximum Gasteiger partial charge on any atom is 0.319 e. The summed E-state index contributed by atoms with van der Waals surface area (Å²) < 4.78 is 0. The van der Waals surface area contributed by atoms with Gasteiger partial charge in [-0.15, -0.1) is 11.8 Å². The minimum absolute atomic E-state index is 0.0439. The van der Waals surface area contributed by atoms with E-state index < -0.39 is 11.4 Å². The summed E-state index contributed by atoms with van der Waals surface area (Å²) in [5.74, 6) is -0.328. The third-order valence-electron chi connectivity index (χ3n) is 6.30. The highest BCUT2D eigenvalue weighted by Gasteiger charge is 2.44. The molecule has 1 aromatic carbocycles. The number of amides is 4. The number of hydrogen-bond acceptors (Lipinski definition) is 8. The van der Waals surface area contributed by atoms with Crippen molar-refractivity contribution in [1.82, 2.24) is 20.0 Å². The summed E-state index contributed by atoms with van der Waals surface area (Å²) in [6, 6.07) is 6.26. The van der Waals surface area contributed by atoms with Gasteiger partial charge in [0.1, 0.15) is 16.7 Å². The monoisotopic (exact) mass is 506 g/mol. The molecule has 3 rings (SSSR count). The number of rotatable bonds is 11. The molecule has 0 bridgehead atoms. The molecule has 2 aliphatic rings. The van der Waals surface area contributed by atoms with Gasteiger partial charge in [-0.1, -0.05) is 0 Å². The van der Waals surface area contributed by atoms with Gasteiger partial charge in [0.25, 0.3) is 0 Å². The van der Waals surface area contributed by atoms with Crippen molar-refractivity contribution < 1.29 is 14.4 Å². The lowest BCUT2D eigenvalue weighted by Crippen LogP contribution is -2.53. The predicted octanol–water partition coefficient (Wildman–Crippen LogP) is 0.308. The van der Waals surface area contributed by atoms with E-state index in [1.54, 1.807) is 11.9 Å². The van der Waals surface area contributed by atoms with Crippen LogP contribution in [-0.2, 0) is 9.59 Å². The van der Waals surface area contributed by atoms with Crippen LogP contribution in [0.15, 0.2) is 24.3 Å². The van der Waals surface area contributed by atoms with Gasteiger partial charge < -0.3 is 42.1 Å². The van der Waals surface area contributed by atoms with Crippen molar-refractivity contribution in [1.29, 1.82) is 0 Å². The third-order valence-corrected chi connectivity index (χ3v) is 7.82. The van der Waals surface area contributed by atoms with E-state index in [1.165, 1.54) is 29.5 Å². The zero-order valence-electron chi connectivity index (χ0n) is 20.5. The van der Waals surface area contributed by atoms with Crippen molar-refractivity contribution in [3.05, 3.63) is 24.3 Å². The maximum atomic E-state index is 12.9. The number of hydrogen-bond donors (Lipinski definition) is 5. The Morgan fingerprint density at radius 1 is 1.20 bits per heavy atom. The summed E-state index contributed by atoms with van der Waals surface area (Å²) >= 11 is 1.40. The van der Waals surface area contributed by atoms with Crippen molar-refractivity contribution in [2.45, 2.75) is 36.4 Å². The molecule has 1 unspecified atom stereocenters. The maximum absolute atomic E-state index is 12.9. The van der Waals surface area contributed by atoms with Crippen molar-refractivity contribution in [3.8, 4) is 0 Å². The van der Waals surface area contributed by atoms with E-state index in [1.807, 2.05) is 31.2 Å². The molecule has 0 radical (unpaired) electrons. The summed E-state index contributed by atoms with van der Waals surface area (Å²) in [5.41, 5.74) is 13.3. The molecule has 0 aliphatic carbocycles. The zero-order chi connectivity index (χ0) is 25.4. The molecule has 2 aliphatic heterocycles. The number of nitrogens with two attached hydrogens (primary N) is 2. The van der Waals surface area contributed by atoms with E-state index in [9.17, 15) is 14.4 Å². The molecule has 0 saturated carbocycles. The third kappa shape index (κ3) is 7.23. The van der Waals surface area contributed by atoms with Crippen LogP contribution in [0, 0.1) is 0 Å². The number of anilines is 2. The first kappa shape index (κ1) is 27.1. The number of carbonyl (C=O) groups is 3. The molecule has 7 N–H and O–H groups in total. The number of nitrogens with one attached hydrogen (secondary N) is 3. The lowest BCUT2D eigenvalue weighted by molar-refractivity contribution is -0.134. The van der Waals surface area contributed by atoms with Crippen LogP contribution in [0.4, 0.5) is 16.2 Å². The van der Waals surface area contributed by atoms with Crippen molar-refractivity contribution in [2.75, 3.05) is 63.6 Å². The molecule has 3 atom stereocenters. The minimum Gasteiger partial charge on any atom is -0.383 e. The van der Waals surface area contributed by atoms with E-state index in [0.29, 0.717) is 25.3 Å². The largest absolute Gasteiger partial charge is 0.383 e. The van der Waals surface area contributed by atoms with Gasteiger partial charge in [0, 0.05) is 44.6 Å². The van der Waals surface area contributed by atoms with Gasteiger partial charge in [0.05, 0.1) is 6.67 Å². The molecular formula is C23H38N8O3S. The lowest BCUT2D eigenvalue weighted by atomic mass is 10.2. The summed E-state index contributed by atoms with van der Waals surface area (Å²) in [6.07, 6.45) is 2.47. The average Bonchev–Trinajstić information content (AvgIpc) is 3.49. The Balaban J connectivity index is 1.46. The van der Waals surface area contributed by atoms with Crippen LogP contribution in [0.25, 0.3) is 0 Å². The number of likely N-dealkylation sites (N-methyl/N-ethyl adjacent to an activating group) is 2. The SMILES string of the molecule is CCN1C(=O)[C@@H](CNc2ccc(NC(=O)NCCN3CCCC3)cc2)SC1[C@H](N)C(=O)N(C)CN. The Kier molecular flexibility index (Phi) is 10.0. The number of urea groups is 1. The fourth-order valence-corrected chi connectivity index (χ4v) is 5.67. The number of nitrogens with zero attached hydrogens (tertiary/aromatic N) is 3. The molecule has 1 aromatic rings. The molecule has 0 spiro atoms. The molecule has 2 fully saturated rings. The minimum atomic E-state index is -0.839. The van der Waals surface area contributed by atoms with E-state index in [0.717, 1.165) is 25.3 Å². The molecule has 4 amide bonds. The molecule has 0 aromatic heterocycles. The zero-order valence-corrected chi connectivity index (χ0v) is 21.4. The van der Waals surface area contributed by atoms with Crippen LogP contribution in [0.2, 0.25) is 0 Å². The lowest BCUT2D eigenvalue weighted by Gasteiger charge is -2.29. The highest BCUT2D eigenvalue weighted by Crippen LogP contribution is 2.33. The van der Waals surface area contributed by atoms with Crippen LogP contribution in [0.3, 0.4) is 0 Å². The normalized spacial score (nSPS) is 21.1. The van der Waals surface area contributed by atoms with Gasteiger partial charge in [-0.05, 0) is 57.1 Å². The number of benzene rings is 1. The molecule has 2 heterocycles. The van der Waals surface area contributed by atoms with Gasteiger partial charge in [0.15, 0.2) is 0 Å². The van der Waals surface area contributed by atoms with Gasteiger partial charge >= 0.3 is 6.03 Å². The second-order valence-corrected chi connectivity index (χ2v) is 10.1. The smallest absolute Gasteiger partial charge is 0.319 e. The van der Waals surface area contributed by atoms with E-state index in [2.05, 4.69) is 20.9 Å². The topological polar surface area (TPSA) is 149 Å². The summed E-state index contributed by atoms with van der Waals surface area (Å²) in [5, 5.41) is 8.20. The van der Waals surface area contributed by atoms with Crippen LogP contribution >= 0.6 is 11.8 Å². The van der Waals surface area contributed by atoms with Crippen LogP contribution < -0.4 is 27.4 Å². The van der Waals surface area contributed by atoms with Crippen LogP contribution in [0.5, 0.6) is 0 Å². The van der Waals surface area contributed by atoms with Gasteiger partial charge in [-0.3, -0.25) is 9.59 Å².